The molecule has 0 fully saturated rings. The summed E-state index contributed by atoms with van der Waals surface area (Å²) in [6.07, 6.45) is -1.14. The number of benzene rings is 2. The van der Waals surface area contributed by atoms with E-state index < -0.39 is 29.7 Å². The summed E-state index contributed by atoms with van der Waals surface area (Å²) in [5, 5.41) is 12.0. The summed E-state index contributed by atoms with van der Waals surface area (Å²) in [7, 11) is 0. The molecule has 0 unspecified atom stereocenters. The average molecular weight is 407 g/mol. The highest BCUT2D eigenvalue weighted by Crippen LogP contribution is 2.31. The number of amides is 1. The van der Waals surface area contributed by atoms with Crippen molar-refractivity contribution in [2.45, 2.75) is 19.4 Å². The van der Waals surface area contributed by atoms with E-state index in [-0.39, 0.29) is 18.3 Å². The minimum absolute atomic E-state index is 0.0308. The third-order valence-corrected chi connectivity index (χ3v) is 4.29. The predicted octanol–water partition coefficient (Wildman–Crippen LogP) is 4.32. The van der Waals surface area contributed by atoms with Crippen molar-refractivity contribution in [2.75, 3.05) is 17.7 Å². The number of hydrogen-bond donors (Lipinski definition) is 3. The maximum absolute atomic E-state index is 13.8. The number of anilines is 1. The van der Waals surface area contributed by atoms with Crippen LogP contribution in [0.1, 0.15) is 25.0 Å². The number of rotatable bonds is 8. The van der Waals surface area contributed by atoms with Gasteiger partial charge in [-0.15, -0.1) is 0 Å². The molecule has 1 amide bonds. The van der Waals surface area contributed by atoms with Crippen molar-refractivity contribution in [3.8, 4) is 5.75 Å². The normalized spacial score (nSPS) is 12.7. The van der Waals surface area contributed by atoms with Crippen LogP contribution in [0.25, 0.3) is 0 Å². The Morgan fingerprint density at radius 1 is 1.21 bits per heavy atom. The van der Waals surface area contributed by atoms with E-state index in [0.29, 0.717) is 17.7 Å². The molecule has 6 nitrogen and oxygen atoms in total. The van der Waals surface area contributed by atoms with E-state index in [1.54, 1.807) is 31.2 Å². The van der Waals surface area contributed by atoms with Crippen molar-refractivity contribution in [1.82, 2.24) is 0 Å². The molecule has 2 atom stereocenters. The van der Waals surface area contributed by atoms with Gasteiger partial charge in [0, 0.05) is 11.6 Å². The molecule has 2 aromatic carbocycles. The van der Waals surface area contributed by atoms with Gasteiger partial charge in [-0.2, -0.15) is 12.6 Å². The van der Waals surface area contributed by atoms with Gasteiger partial charge in [-0.25, -0.2) is 9.18 Å². The van der Waals surface area contributed by atoms with Crippen molar-refractivity contribution < 1.29 is 28.6 Å². The lowest BCUT2D eigenvalue weighted by Gasteiger charge is -2.25. The quantitative estimate of drug-likeness (QED) is 0.448. The van der Waals surface area contributed by atoms with E-state index in [1.807, 2.05) is 6.07 Å². The molecule has 0 saturated heterocycles. The van der Waals surface area contributed by atoms with E-state index in [2.05, 4.69) is 17.9 Å². The lowest BCUT2D eigenvalue weighted by Crippen LogP contribution is -2.23. The number of ether oxygens (including phenoxy) is 2. The molecular formula is C20H22FNO5S. The van der Waals surface area contributed by atoms with Gasteiger partial charge < -0.3 is 14.6 Å². The third kappa shape index (κ3) is 6.45. The monoisotopic (exact) mass is 407 g/mol. The van der Waals surface area contributed by atoms with E-state index in [0.717, 1.165) is 6.07 Å². The van der Waals surface area contributed by atoms with Gasteiger partial charge in [0.25, 0.3) is 0 Å². The molecule has 150 valence electrons. The number of aromatic hydroxyl groups is 1. The lowest BCUT2D eigenvalue weighted by atomic mass is 9.94. The van der Waals surface area contributed by atoms with E-state index in [1.165, 1.54) is 12.1 Å². The second-order valence-electron chi connectivity index (χ2n) is 6.17. The van der Waals surface area contributed by atoms with Crippen molar-refractivity contribution in [3.63, 3.8) is 0 Å². The molecule has 0 spiro atoms. The molecule has 2 aromatic rings. The zero-order valence-electron chi connectivity index (χ0n) is 15.3. The van der Waals surface area contributed by atoms with Crippen LogP contribution in [0.5, 0.6) is 5.75 Å². The summed E-state index contributed by atoms with van der Waals surface area (Å²) in [4.78, 5) is 23.5. The van der Waals surface area contributed by atoms with Crippen LogP contribution in [0.3, 0.4) is 0 Å². The smallest absolute Gasteiger partial charge is 0.412 e. The summed E-state index contributed by atoms with van der Waals surface area (Å²) in [6, 6.07) is 12.5. The van der Waals surface area contributed by atoms with Crippen molar-refractivity contribution in [3.05, 3.63) is 59.9 Å². The SMILES string of the molecule is C[C@@H](CCOC(=O)CS)[C@H](OC(=O)Nc1ccccc1)c1ccc(O)c(F)c1. The van der Waals surface area contributed by atoms with Crippen LogP contribution in [0.4, 0.5) is 14.9 Å². The van der Waals surface area contributed by atoms with Gasteiger partial charge in [0.05, 0.1) is 12.4 Å². The number of hydrogen-bond acceptors (Lipinski definition) is 6. The number of carbonyl (C=O) groups is 2. The van der Waals surface area contributed by atoms with E-state index in [4.69, 9.17) is 9.47 Å². The molecule has 2 rings (SSSR count). The maximum Gasteiger partial charge on any atom is 0.412 e. The van der Waals surface area contributed by atoms with E-state index in [9.17, 15) is 19.1 Å². The Balaban J connectivity index is 2.11. The first-order valence-electron chi connectivity index (χ1n) is 8.68. The van der Waals surface area contributed by atoms with Crippen LogP contribution in [0, 0.1) is 11.7 Å². The van der Waals surface area contributed by atoms with Crippen LogP contribution >= 0.6 is 12.6 Å². The number of esters is 1. The first-order chi connectivity index (χ1) is 13.4. The molecule has 0 aliphatic carbocycles. The summed E-state index contributed by atoms with van der Waals surface area (Å²) in [5.74, 6) is -2.09. The summed E-state index contributed by atoms with van der Waals surface area (Å²) in [6.45, 7) is 1.90. The minimum Gasteiger partial charge on any atom is -0.505 e. The Labute approximate surface area is 168 Å². The number of phenols is 1. The van der Waals surface area contributed by atoms with Gasteiger partial charge in [-0.05, 0) is 36.2 Å². The Morgan fingerprint density at radius 2 is 1.93 bits per heavy atom. The number of para-hydroxylation sites is 1. The van der Waals surface area contributed by atoms with Gasteiger partial charge >= 0.3 is 12.1 Å². The fourth-order valence-corrected chi connectivity index (χ4v) is 2.64. The second-order valence-corrected chi connectivity index (χ2v) is 6.49. The van der Waals surface area contributed by atoms with Crippen LogP contribution in [0.2, 0.25) is 0 Å². The number of thiol groups is 1. The highest BCUT2D eigenvalue weighted by atomic mass is 32.1. The van der Waals surface area contributed by atoms with Crippen LogP contribution in [0.15, 0.2) is 48.5 Å². The molecule has 2 N–H and O–H groups in total. The summed E-state index contributed by atoms with van der Waals surface area (Å²) >= 11 is 3.83. The number of nitrogens with one attached hydrogen (secondary N) is 1. The van der Waals surface area contributed by atoms with Crippen molar-refractivity contribution in [2.24, 2.45) is 5.92 Å². The number of halogens is 1. The molecule has 0 bridgehead atoms. The highest BCUT2D eigenvalue weighted by Gasteiger charge is 2.25. The van der Waals surface area contributed by atoms with Gasteiger partial charge in [0.2, 0.25) is 0 Å². The Bertz CT molecular complexity index is 802. The highest BCUT2D eigenvalue weighted by molar-refractivity contribution is 7.81. The Hall–Kier alpha value is -2.74. The first-order valence-corrected chi connectivity index (χ1v) is 9.31. The molecule has 0 aliphatic rings. The Morgan fingerprint density at radius 3 is 2.57 bits per heavy atom. The number of carbonyl (C=O) groups excluding carboxylic acids is 2. The molecule has 0 radical (unpaired) electrons. The maximum atomic E-state index is 13.8. The van der Waals surface area contributed by atoms with Crippen molar-refractivity contribution >= 4 is 30.4 Å². The molecule has 28 heavy (non-hydrogen) atoms. The predicted molar refractivity (Wildman–Crippen MR) is 106 cm³/mol. The van der Waals surface area contributed by atoms with Gasteiger partial charge in [-0.3, -0.25) is 10.1 Å². The number of phenolic OH excluding ortho intramolecular Hbond substituents is 1. The van der Waals surface area contributed by atoms with Gasteiger partial charge in [0.15, 0.2) is 11.6 Å². The van der Waals surface area contributed by atoms with Crippen LogP contribution in [-0.2, 0) is 14.3 Å². The standard InChI is InChI=1S/C20H22FNO5S/c1-13(9-10-26-18(24)12-28)19(14-7-8-17(23)16(21)11-14)27-20(25)22-15-5-3-2-4-6-15/h2-8,11,13,19,23,28H,9-10,12H2,1H3,(H,22,25)/t13-,19-/m0/s1. The molecule has 0 heterocycles. The molecule has 0 aromatic heterocycles. The molecule has 0 saturated carbocycles. The van der Waals surface area contributed by atoms with Crippen LogP contribution in [-0.4, -0.2) is 29.5 Å². The summed E-state index contributed by atoms with van der Waals surface area (Å²) < 4.78 is 24.3. The third-order valence-electron chi connectivity index (χ3n) is 4.04. The van der Waals surface area contributed by atoms with Crippen LogP contribution < -0.4 is 5.32 Å². The van der Waals surface area contributed by atoms with Crippen molar-refractivity contribution in [1.29, 1.82) is 0 Å². The molecule has 0 aliphatic heterocycles. The average Bonchev–Trinajstić information content (AvgIpc) is 2.68. The lowest BCUT2D eigenvalue weighted by molar-refractivity contribution is -0.141. The van der Waals surface area contributed by atoms with E-state index >= 15 is 0 Å². The Kier molecular flexibility index (Phi) is 8.13. The van der Waals surface area contributed by atoms with Gasteiger partial charge in [0.1, 0.15) is 6.10 Å². The second kappa shape index (κ2) is 10.6. The fourth-order valence-electron chi connectivity index (χ4n) is 2.55. The summed E-state index contributed by atoms with van der Waals surface area (Å²) in [5.41, 5.74) is 0.935. The topological polar surface area (TPSA) is 84.9 Å². The molecular weight excluding hydrogens is 385 g/mol. The largest absolute Gasteiger partial charge is 0.505 e. The van der Waals surface area contributed by atoms with Gasteiger partial charge in [-0.1, -0.05) is 31.2 Å². The molecule has 8 heteroatoms. The minimum atomic E-state index is -0.816. The zero-order valence-corrected chi connectivity index (χ0v) is 16.2. The zero-order chi connectivity index (χ0) is 20.5. The first kappa shape index (κ1) is 21.6. The fraction of sp³-hybridized carbons (Fsp3) is 0.300.